The Morgan fingerprint density at radius 3 is 2.47 bits per heavy atom. The van der Waals surface area contributed by atoms with Gasteiger partial charge in [0.2, 0.25) is 5.95 Å². The van der Waals surface area contributed by atoms with Crippen molar-refractivity contribution in [3.8, 4) is 0 Å². The number of aromatic nitrogens is 2. The third kappa shape index (κ3) is 5.43. The minimum Gasteiger partial charge on any atom is -0.388 e. The van der Waals surface area contributed by atoms with Crippen molar-refractivity contribution in [1.82, 2.24) is 9.97 Å². The van der Waals surface area contributed by atoms with Crippen LogP contribution in [0.25, 0.3) is 0 Å². The average molecular weight is 505 g/mol. The number of hydrogen-bond donors (Lipinski definition) is 1. The van der Waals surface area contributed by atoms with Gasteiger partial charge in [-0.05, 0) is 30.5 Å². The zero-order valence-corrected chi connectivity index (χ0v) is 20.2. The van der Waals surface area contributed by atoms with Gasteiger partial charge in [0.25, 0.3) is 0 Å². The van der Waals surface area contributed by atoms with Gasteiger partial charge in [0.1, 0.15) is 10.7 Å². The zero-order chi connectivity index (χ0) is 25.4. The van der Waals surface area contributed by atoms with Crippen LogP contribution in [0.15, 0.2) is 29.3 Å². The Labute approximate surface area is 196 Å². The van der Waals surface area contributed by atoms with Gasteiger partial charge in [0, 0.05) is 43.3 Å². The summed E-state index contributed by atoms with van der Waals surface area (Å²) in [7, 11) is -3.77. The number of nitrogens with zero attached hydrogens (tertiary/aromatic N) is 4. The first-order valence-electron chi connectivity index (χ1n) is 10.9. The predicted octanol–water partition coefficient (Wildman–Crippen LogP) is 3.83. The number of piperazine rings is 1. The van der Waals surface area contributed by atoms with Crippen molar-refractivity contribution >= 4 is 21.5 Å². The van der Waals surface area contributed by atoms with Gasteiger partial charge in [0.05, 0.1) is 12.1 Å². The van der Waals surface area contributed by atoms with Crippen molar-refractivity contribution in [3.05, 3.63) is 41.5 Å². The second-order valence-electron chi connectivity index (χ2n) is 8.73. The van der Waals surface area contributed by atoms with Gasteiger partial charge >= 0.3 is 6.18 Å². The summed E-state index contributed by atoms with van der Waals surface area (Å²) in [6.45, 7) is 6.33. The van der Waals surface area contributed by atoms with Crippen LogP contribution in [-0.4, -0.2) is 55.4 Å². The fourth-order valence-corrected chi connectivity index (χ4v) is 4.80. The molecule has 1 aromatic carbocycles. The molecule has 34 heavy (non-hydrogen) atoms. The molecule has 1 aliphatic rings. The van der Waals surface area contributed by atoms with Gasteiger partial charge in [-0.25, -0.2) is 22.8 Å². The van der Waals surface area contributed by atoms with Crippen LogP contribution in [0.3, 0.4) is 0 Å². The van der Waals surface area contributed by atoms with Crippen LogP contribution in [0.4, 0.5) is 29.2 Å². The molecule has 1 saturated heterocycles. The molecule has 1 aromatic heterocycles. The molecule has 0 bridgehead atoms. The van der Waals surface area contributed by atoms with Crippen molar-refractivity contribution < 1.29 is 31.1 Å². The molecule has 1 fully saturated rings. The van der Waals surface area contributed by atoms with E-state index in [2.05, 4.69) is 9.97 Å². The van der Waals surface area contributed by atoms with Crippen molar-refractivity contribution in [2.45, 2.75) is 50.4 Å². The van der Waals surface area contributed by atoms with Crippen LogP contribution < -0.4 is 9.80 Å². The molecule has 0 radical (unpaired) electrons. The number of aliphatic hydroxyl groups excluding tert-OH is 1. The van der Waals surface area contributed by atoms with E-state index in [0.29, 0.717) is 18.8 Å². The highest BCUT2D eigenvalue weighted by Gasteiger charge is 2.39. The van der Waals surface area contributed by atoms with Crippen LogP contribution in [-0.2, 0) is 16.0 Å². The van der Waals surface area contributed by atoms with Crippen LogP contribution in [0.5, 0.6) is 0 Å². The number of alkyl halides is 3. The van der Waals surface area contributed by atoms with E-state index < -0.39 is 38.5 Å². The first kappa shape index (κ1) is 26.1. The van der Waals surface area contributed by atoms with Crippen molar-refractivity contribution in [3.63, 3.8) is 0 Å². The van der Waals surface area contributed by atoms with Gasteiger partial charge in [-0.1, -0.05) is 20.8 Å². The number of halogens is 4. The number of aliphatic hydroxyl groups is 1. The van der Waals surface area contributed by atoms with E-state index in [-0.39, 0.29) is 36.4 Å². The van der Waals surface area contributed by atoms with Crippen LogP contribution >= 0.6 is 0 Å². The Hall–Kier alpha value is -2.47. The van der Waals surface area contributed by atoms with E-state index >= 15 is 0 Å². The lowest BCUT2D eigenvalue weighted by atomic mass is 9.99. The molecule has 0 spiro atoms. The Bertz CT molecular complexity index is 1140. The molecule has 1 N–H and O–H groups in total. The Morgan fingerprint density at radius 2 is 1.91 bits per heavy atom. The molecule has 188 valence electrons. The molecule has 2 atom stereocenters. The van der Waals surface area contributed by atoms with Crippen molar-refractivity contribution in [2.75, 3.05) is 35.7 Å². The lowest BCUT2D eigenvalue weighted by Crippen LogP contribution is -2.56. The maximum atomic E-state index is 14.0. The van der Waals surface area contributed by atoms with Crippen LogP contribution in [0, 0.1) is 11.7 Å². The van der Waals surface area contributed by atoms with Gasteiger partial charge < -0.3 is 14.9 Å². The van der Waals surface area contributed by atoms with E-state index in [4.69, 9.17) is 0 Å². The predicted molar refractivity (Wildman–Crippen MR) is 120 cm³/mol. The second kappa shape index (κ2) is 9.65. The normalized spacial score (nSPS) is 18.5. The molecule has 7 nitrogen and oxygen atoms in total. The molecule has 0 amide bonds. The Kier molecular flexibility index (Phi) is 7.42. The van der Waals surface area contributed by atoms with Gasteiger partial charge in [-0.3, -0.25) is 0 Å². The highest BCUT2D eigenvalue weighted by molar-refractivity contribution is 7.90. The minimum atomic E-state index is -4.76. The number of anilines is 2. The lowest BCUT2D eigenvalue weighted by Gasteiger charge is -2.44. The summed E-state index contributed by atoms with van der Waals surface area (Å²) in [6, 6.07) is 3.55. The van der Waals surface area contributed by atoms with Crippen LogP contribution in [0.1, 0.15) is 44.6 Å². The number of rotatable bonds is 6. The quantitative estimate of drug-likeness (QED) is 0.599. The smallest absolute Gasteiger partial charge is 0.388 e. The SMILES string of the molecule is CC[C@H](O)c1cnc(N2CCN(c3ccc(F)c(S(C)(=O)=O)c3)C[C@H]2C(C)C)nc1C(F)(F)F. The second-order valence-corrected chi connectivity index (χ2v) is 10.7. The maximum Gasteiger partial charge on any atom is 0.433 e. The Balaban J connectivity index is 1.95. The largest absolute Gasteiger partial charge is 0.433 e. The Morgan fingerprint density at radius 1 is 1.24 bits per heavy atom. The molecule has 2 aromatic rings. The average Bonchev–Trinajstić information content (AvgIpc) is 2.76. The topological polar surface area (TPSA) is 86.6 Å². The summed E-state index contributed by atoms with van der Waals surface area (Å²) < 4.78 is 78.9. The van der Waals surface area contributed by atoms with E-state index in [9.17, 15) is 31.1 Å². The third-order valence-corrected chi connectivity index (χ3v) is 7.05. The fraction of sp³-hybridized carbons (Fsp3) is 0.545. The number of benzene rings is 1. The highest BCUT2D eigenvalue weighted by atomic mass is 32.2. The van der Waals surface area contributed by atoms with Gasteiger partial charge in [0.15, 0.2) is 15.5 Å². The zero-order valence-electron chi connectivity index (χ0n) is 19.3. The van der Waals surface area contributed by atoms with E-state index in [1.807, 2.05) is 18.7 Å². The summed E-state index contributed by atoms with van der Waals surface area (Å²) in [5.74, 6) is -0.946. The molecule has 0 unspecified atom stereocenters. The molecule has 0 aliphatic carbocycles. The van der Waals surface area contributed by atoms with Crippen molar-refractivity contribution in [2.24, 2.45) is 5.92 Å². The van der Waals surface area contributed by atoms with Crippen molar-refractivity contribution in [1.29, 1.82) is 0 Å². The fourth-order valence-electron chi connectivity index (χ4n) is 4.05. The molecule has 2 heterocycles. The summed E-state index contributed by atoms with van der Waals surface area (Å²) in [5, 5.41) is 10.0. The maximum absolute atomic E-state index is 14.0. The minimum absolute atomic E-state index is 0.0172. The first-order valence-corrected chi connectivity index (χ1v) is 12.8. The van der Waals surface area contributed by atoms with E-state index in [1.165, 1.54) is 12.1 Å². The summed E-state index contributed by atoms with van der Waals surface area (Å²) in [4.78, 5) is 11.1. The summed E-state index contributed by atoms with van der Waals surface area (Å²) >= 11 is 0. The third-order valence-electron chi connectivity index (χ3n) is 5.94. The lowest BCUT2D eigenvalue weighted by molar-refractivity contribution is -0.142. The van der Waals surface area contributed by atoms with Gasteiger partial charge in [-0.15, -0.1) is 0 Å². The highest BCUT2D eigenvalue weighted by Crippen LogP contribution is 2.36. The monoisotopic (exact) mass is 504 g/mol. The number of sulfone groups is 1. The molecule has 1 aliphatic heterocycles. The van der Waals surface area contributed by atoms with E-state index in [1.54, 1.807) is 11.8 Å². The van der Waals surface area contributed by atoms with Crippen LogP contribution in [0.2, 0.25) is 0 Å². The summed E-state index contributed by atoms with van der Waals surface area (Å²) in [6.07, 6.45) is -4.04. The molecule has 0 saturated carbocycles. The first-order chi connectivity index (χ1) is 15.7. The number of hydrogen-bond acceptors (Lipinski definition) is 7. The van der Waals surface area contributed by atoms with E-state index in [0.717, 1.165) is 18.5 Å². The summed E-state index contributed by atoms with van der Waals surface area (Å²) in [5.41, 5.74) is -1.02. The molecular formula is C22H28F4N4O3S. The molecular weight excluding hydrogens is 476 g/mol. The molecule has 3 rings (SSSR count). The van der Waals surface area contributed by atoms with Gasteiger partial charge in [-0.2, -0.15) is 13.2 Å². The molecule has 12 heteroatoms. The standard InChI is InChI=1S/C22H28F4N4O3S/c1-5-18(31)15-11-27-21(28-20(15)22(24,25)26)30-9-8-29(12-17(30)13(2)3)14-6-7-16(23)19(10-14)34(4,32)33/h6-7,10-11,13,17-18,31H,5,8-9,12H2,1-4H3/t17-,18-/m0/s1.